The molecular weight excluding hydrogens is 282 g/mol. The number of ether oxygens (including phenoxy) is 1. The molecule has 1 aliphatic rings. The van der Waals surface area contributed by atoms with Gasteiger partial charge in [0.2, 0.25) is 0 Å². The van der Waals surface area contributed by atoms with Crippen molar-refractivity contribution < 1.29 is 14.1 Å². The van der Waals surface area contributed by atoms with E-state index in [4.69, 9.17) is 9.26 Å². The Morgan fingerprint density at radius 2 is 2.32 bits per heavy atom. The fourth-order valence-corrected chi connectivity index (χ4v) is 2.98. The molecule has 0 aromatic carbocycles. The van der Waals surface area contributed by atoms with Crippen LogP contribution in [-0.2, 0) is 4.74 Å². The molecule has 116 valence electrons. The van der Waals surface area contributed by atoms with Crippen molar-refractivity contribution in [3.05, 3.63) is 47.6 Å². The van der Waals surface area contributed by atoms with Gasteiger partial charge >= 0.3 is 0 Å². The van der Waals surface area contributed by atoms with Gasteiger partial charge in [0.05, 0.1) is 6.61 Å². The zero-order chi connectivity index (χ0) is 15.5. The molecule has 22 heavy (non-hydrogen) atoms. The number of carbonyl (C=O) groups excluding carboxylic acids is 1. The molecule has 0 bridgehead atoms. The van der Waals surface area contributed by atoms with Crippen molar-refractivity contribution in [3.63, 3.8) is 0 Å². The summed E-state index contributed by atoms with van der Waals surface area (Å²) in [5, 5.41) is 3.82. The van der Waals surface area contributed by atoms with Crippen molar-refractivity contribution in [1.82, 2.24) is 15.0 Å². The van der Waals surface area contributed by atoms with Gasteiger partial charge in [-0.25, -0.2) is 0 Å². The summed E-state index contributed by atoms with van der Waals surface area (Å²) in [5.41, 5.74) is 1.35. The smallest absolute Gasteiger partial charge is 0.276 e. The predicted molar refractivity (Wildman–Crippen MR) is 79.5 cm³/mol. The number of hydrogen-bond donors (Lipinski definition) is 0. The Labute approximate surface area is 129 Å². The van der Waals surface area contributed by atoms with Crippen LogP contribution in [0.4, 0.5) is 0 Å². The average molecular weight is 301 g/mol. The first-order valence-corrected chi connectivity index (χ1v) is 7.31. The second-order valence-electron chi connectivity index (χ2n) is 5.61. The van der Waals surface area contributed by atoms with Crippen molar-refractivity contribution >= 4 is 5.91 Å². The highest BCUT2D eigenvalue weighted by Gasteiger charge is 2.37. The maximum absolute atomic E-state index is 12.5. The van der Waals surface area contributed by atoms with Gasteiger partial charge in [0.1, 0.15) is 5.76 Å². The number of likely N-dealkylation sites (tertiary alicyclic amines) is 1. The van der Waals surface area contributed by atoms with E-state index >= 15 is 0 Å². The lowest BCUT2D eigenvalue weighted by atomic mass is 9.93. The fraction of sp³-hybridized carbons (Fsp3) is 0.438. The van der Waals surface area contributed by atoms with E-state index in [2.05, 4.69) is 10.1 Å². The second kappa shape index (κ2) is 6.27. The number of methoxy groups -OCH3 is 1. The summed E-state index contributed by atoms with van der Waals surface area (Å²) in [4.78, 5) is 18.8. The zero-order valence-electron chi connectivity index (χ0n) is 12.7. The summed E-state index contributed by atoms with van der Waals surface area (Å²) in [7, 11) is 1.68. The number of aromatic nitrogens is 2. The van der Waals surface area contributed by atoms with Crippen molar-refractivity contribution in [1.29, 1.82) is 0 Å². The SMILES string of the molecule is COC[C@@H]1CN(C(=O)c2cc(C)on2)C[C@H]1c1ccccn1. The number of carbonyl (C=O) groups is 1. The summed E-state index contributed by atoms with van der Waals surface area (Å²) >= 11 is 0. The zero-order valence-corrected chi connectivity index (χ0v) is 12.7. The summed E-state index contributed by atoms with van der Waals surface area (Å²) < 4.78 is 10.3. The maximum atomic E-state index is 12.5. The average Bonchev–Trinajstić information content (AvgIpc) is 3.15. The molecule has 3 heterocycles. The normalized spacial score (nSPS) is 21.3. The highest BCUT2D eigenvalue weighted by molar-refractivity contribution is 5.92. The minimum atomic E-state index is -0.101. The Morgan fingerprint density at radius 3 is 2.95 bits per heavy atom. The highest BCUT2D eigenvalue weighted by Crippen LogP contribution is 2.32. The molecule has 2 aromatic heterocycles. The first-order chi connectivity index (χ1) is 10.7. The third-order valence-corrected chi connectivity index (χ3v) is 4.02. The molecule has 2 atom stereocenters. The molecule has 0 unspecified atom stereocenters. The van der Waals surface area contributed by atoms with Gasteiger partial charge in [0.25, 0.3) is 5.91 Å². The van der Waals surface area contributed by atoms with Gasteiger partial charge in [-0.2, -0.15) is 0 Å². The fourth-order valence-electron chi connectivity index (χ4n) is 2.98. The molecule has 1 aliphatic heterocycles. The number of aryl methyl sites for hydroxylation is 1. The van der Waals surface area contributed by atoms with Crippen LogP contribution in [0.25, 0.3) is 0 Å². The van der Waals surface area contributed by atoms with Crippen LogP contribution < -0.4 is 0 Å². The molecule has 0 spiro atoms. The molecule has 0 N–H and O–H groups in total. The minimum Gasteiger partial charge on any atom is -0.384 e. The van der Waals surface area contributed by atoms with E-state index in [-0.39, 0.29) is 17.7 Å². The molecule has 6 heteroatoms. The molecule has 2 aromatic rings. The molecule has 1 fully saturated rings. The van der Waals surface area contributed by atoms with E-state index in [1.165, 1.54) is 0 Å². The molecule has 1 amide bonds. The Morgan fingerprint density at radius 1 is 1.45 bits per heavy atom. The van der Waals surface area contributed by atoms with Crippen LogP contribution in [0.2, 0.25) is 0 Å². The summed E-state index contributed by atoms with van der Waals surface area (Å²) in [6.07, 6.45) is 1.78. The first kappa shape index (κ1) is 14.7. The van der Waals surface area contributed by atoms with Crippen LogP contribution in [0, 0.1) is 12.8 Å². The standard InChI is InChI=1S/C16H19N3O3/c1-11-7-15(18-22-11)16(20)19-8-12(10-21-2)13(9-19)14-5-3-4-6-17-14/h3-7,12-13H,8-10H2,1-2H3/t12-,13+/m0/s1. The molecule has 0 saturated carbocycles. The lowest BCUT2D eigenvalue weighted by Crippen LogP contribution is -2.29. The van der Waals surface area contributed by atoms with Crippen LogP contribution in [0.1, 0.15) is 27.9 Å². The van der Waals surface area contributed by atoms with Crippen LogP contribution in [0.5, 0.6) is 0 Å². The molecule has 1 saturated heterocycles. The Hall–Kier alpha value is -2.21. The van der Waals surface area contributed by atoms with Crippen molar-refractivity contribution in [2.75, 3.05) is 26.8 Å². The van der Waals surface area contributed by atoms with Crippen molar-refractivity contribution in [2.45, 2.75) is 12.8 Å². The van der Waals surface area contributed by atoms with Crippen LogP contribution in [-0.4, -0.2) is 47.8 Å². The van der Waals surface area contributed by atoms with E-state index < -0.39 is 0 Å². The van der Waals surface area contributed by atoms with Gasteiger partial charge in [-0.1, -0.05) is 11.2 Å². The van der Waals surface area contributed by atoms with E-state index in [9.17, 15) is 4.79 Å². The van der Waals surface area contributed by atoms with E-state index in [1.807, 2.05) is 18.2 Å². The summed E-state index contributed by atoms with van der Waals surface area (Å²) in [6, 6.07) is 7.53. The van der Waals surface area contributed by atoms with Gasteiger partial charge in [0, 0.05) is 50.0 Å². The molecule has 3 rings (SSSR count). The molecule has 0 radical (unpaired) electrons. The molecule has 0 aliphatic carbocycles. The summed E-state index contributed by atoms with van der Waals surface area (Å²) in [6.45, 7) is 3.64. The molecular formula is C16H19N3O3. The minimum absolute atomic E-state index is 0.101. The van der Waals surface area contributed by atoms with Gasteiger partial charge in [-0.05, 0) is 19.1 Å². The lowest BCUT2D eigenvalue weighted by Gasteiger charge is -2.16. The lowest BCUT2D eigenvalue weighted by molar-refractivity contribution is 0.0765. The van der Waals surface area contributed by atoms with E-state index in [1.54, 1.807) is 31.2 Å². The Balaban J connectivity index is 1.79. The van der Waals surface area contributed by atoms with E-state index in [0.717, 1.165) is 5.69 Å². The number of nitrogens with zero attached hydrogens (tertiary/aromatic N) is 3. The van der Waals surface area contributed by atoms with Gasteiger partial charge in [-0.15, -0.1) is 0 Å². The van der Waals surface area contributed by atoms with Gasteiger partial charge in [0.15, 0.2) is 5.69 Å². The van der Waals surface area contributed by atoms with Gasteiger partial charge in [-0.3, -0.25) is 9.78 Å². The van der Waals surface area contributed by atoms with Crippen LogP contribution in [0.15, 0.2) is 35.0 Å². The Bertz CT molecular complexity index is 641. The Kier molecular flexibility index (Phi) is 4.20. The van der Waals surface area contributed by atoms with Crippen molar-refractivity contribution in [3.8, 4) is 0 Å². The topological polar surface area (TPSA) is 68.5 Å². The largest absolute Gasteiger partial charge is 0.384 e. The third-order valence-electron chi connectivity index (χ3n) is 4.02. The van der Waals surface area contributed by atoms with Crippen molar-refractivity contribution in [2.24, 2.45) is 5.92 Å². The van der Waals surface area contributed by atoms with Gasteiger partial charge < -0.3 is 14.2 Å². The number of hydrogen-bond acceptors (Lipinski definition) is 5. The third kappa shape index (κ3) is 2.87. The maximum Gasteiger partial charge on any atom is 0.276 e. The van der Waals surface area contributed by atoms with E-state index in [0.29, 0.717) is 31.2 Å². The number of pyridine rings is 1. The number of amides is 1. The molecule has 6 nitrogen and oxygen atoms in total. The van der Waals surface area contributed by atoms with Crippen LogP contribution >= 0.6 is 0 Å². The summed E-state index contributed by atoms with van der Waals surface area (Å²) in [5.74, 6) is 0.948. The monoisotopic (exact) mass is 301 g/mol. The predicted octanol–water partition coefficient (Wildman–Crippen LogP) is 1.88. The number of rotatable bonds is 4. The quantitative estimate of drug-likeness (QED) is 0.862. The van der Waals surface area contributed by atoms with Crippen LogP contribution in [0.3, 0.4) is 0 Å². The highest BCUT2D eigenvalue weighted by atomic mass is 16.5. The first-order valence-electron chi connectivity index (χ1n) is 7.31. The second-order valence-corrected chi connectivity index (χ2v) is 5.61.